The van der Waals surface area contributed by atoms with Crippen LogP contribution in [0.4, 0.5) is 5.69 Å². The number of hydrogen-bond acceptors (Lipinski definition) is 5. The summed E-state index contributed by atoms with van der Waals surface area (Å²) in [5.74, 6) is 0.346. The topological polar surface area (TPSA) is 75.5 Å². The monoisotopic (exact) mass is 518 g/mol. The maximum absolute atomic E-state index is 13.7. The Morgan fingerprint density at radius 1 is 0.865 bits per heavy atom. The third kappa shape index (κ3) is 5.04. The Balaban J connectivity index is 1.84. The third-order valence-electron chi connectivity index (χ3n) is 6.74. The maximum Gasteiger partial charge on any atom is 0.266 e. The van der Waals surface area contributed by atoms with E-state index in [-0.39, 0.29) is 15.9 Å². The highest BCUT2D eigenvalue weighted by atomic mass is 32.2. The van der Waals surface area contributed by atoms with E-state index in [1.165, 1.54) is 15.9 Å². The van der Waals surface area contributed by atoms with Crippen molar-refractivity contribution in [2.24, 2.45) is 0 Å². The van der Waals surface area contributed by atoms with Crippen LogP contribution < -0.4 is 10.5 Å². The van der Waals surface area contributed by atoms with E-state index in [4.69, 9.17) is 4.98 Å². The van der Waals surface area contributed by atoms with Crippen LogP contribution in [0, 0.1) is 0 Å². The zero-order chi connectivity index (χ0) is 27.1. The second-order valence-corrected chi connectivity index (χ2v) is 12.5. The predicted molar refractivity (Wildman–Crippen MR) is 150 cm³/mol. The van der Waals surface area contributed by atoms with Crippen LogP contribution in [0.15, 0.2) is 82.5 Å². The first kappa shape index (κ1) is 26.6. The van der Waals surface area contributed by atoms with Crippen LogP contribution in [0.2, 0.25) is 0 Å². The molecule has 0 aliphatic carbocycles. The number of rotatable bonds is 6. The van der Waals surface area contributed by atoms with Gasteiger partial charge in [0.25, 0.3) is 5.56 Å². The van der Waals surface area contributed by atoms with E-state index in [2.05, 4.69) is 20.8 Å². The molecule has 4 rings (SSSR count). The molecule has 0 aliphatic heterocycles. The Labute approximate surface area is 219 Å². The van der Waals surface area contributed by atoms with Crippen LogP contribution >= 0.6 is 0 Å². The van der Waals surface area contributed by atoms with Gasteiger partial charge in [0.2, 0.25) is 10.0 Å². The van der Waals surface area contributed by atoms with Crippen molar-refractivity contribution < 1.29 is 8.42 Å². The molecule has 0 spiro atoms. The lowest BCUT2D eigenvalue weighted by Crippen LogP contribution is -2.35. The lowest BCUT2D eigenvalue weighted by molar-refractivity contribution is 0.379. The zero-order valence-corrected chi connectivity index (χ0v) is 23.2. The van der Waals surface area contributed by atoms with E-state index in [1.807, 2.05) is 61.5 Å². The highest BCUT2D eigenvalue weighted by Gasteiger charge is 2.30. The molecular formula is C29H34N4O3S. The summed E-state index contributed by atoms with van der Waals surface area (Å²) in [6.45, 7) is 8.00. The molecule has 3 aromatic carbocycles. The van der Waals surface area contributed by atoms with E-state index in [1.54, 1.807) is 37.3 Å². The molecule has 1 heterocycles. The Morgan fingerprint density at radius 2 is 1.46 bits per heavy atom. The molecule has 0 amide bonds. The fourth-order valence-electron chi connectivity index (χ4n) is 4.24. The lowest BCUT2D eigenvalue weighted by atomic mass is 9.87. The van der Waals surface area contributed by atoms with E-state index in [0.717, 1.165) is 11.3 Å². The molecule has 0 saturated heterocycles. The van der Waals surface area contributed by atoms with Gasteiger partial charge in [-0.3, -0.25) is 9.36 Å². The van der Waals surface area contributed by atoms with Gasteiger partial charge in [-0.05, 0) is 66.4 Å². The lowest BCUT2D eigenvalue weighted by Gasteiger charge is -2.27. The van der Waals surface area contributed by atoms with Gasteiger partial charge in [-0.25, -0.2) is 13.4 Å². The average molecular weight is 519 g/mol. The van der Waals surface area contributed by atoms with Crippen LogP contribution in [0.5, 0.6) is 0 Å². The van der Waals surface area contributed by atoms with Gasteiger partial charge in [-0.2, -0.15) is 4.31 Å². The van der Waals surface area contributed by atoms with Gasteiger partial charge in [0.15, 0.2) is 0 Å². The van der Waals surface area contributed by atoms with Gasteiger partial charge in [0.05, 0.1) is 27.5 Å². The van der Waals surface area contributed by atoms with E-state index >= 15 is 0 Å². The molecule has 0 fully saturated rings. The molecule has 0 bridgehead atoms. The Kier molecular flexibility index (Phi) is 7.01. The highest BCUT2D eigenvalue weighted by molar-refractivity contribution is 7.89. The first-order valence-electron chi connectivity index (χ1n) is 12.2. The molecular weight excluding hydrogens is 484 g/mol. The standard InChI is InChI=1S/C29H34N4O3S/c1-20(32(7)37(35,36)24-18-12-21(13-19-24)29(2,3)4)27-30-26-11-9-8-10-25(26)28(34)33(27)23-16-14-22(15-17-23)31(5)6/h8-20H,1-7H3. The van der Waals surface area contributed by atoms with Crippen LogP contribution in [0.1, 0.15) is 45.1 Å². The minimum atomic E-state index is -3.86. The summed E-state index contributed by atoms with van der Waals surface area (Å²) >= 11 is 0. The van der Waals surface area contributed by atoms with Crippen molar-refractivity contribution in [3.05, 3.63) is 94.5 Å². The van der Waals surface area contributed by atoms with Crippen molar-refractivity contribution in [2.45, 2.75) is 44.0 Å². The molecule has 194 valence electrons. The average Bonchev–Trinajstić information content (AvgIpc) is 2.87. The van der Waals surface area contributed by atoms with Crippen molar-refractivity contribution in [2.75, 3.05) is 26.0 Å². The molecule has 0 aliphatic rings. The number of benzene rings is 3. The first-order valence-corrected chi connectivity index (χ1v) is 13.6. The van der Waals surface area contributed by atoms with Gasteiger partial charge in [-0.15, -0.1) is 0 Å². The number of sulfonamides is 1. The molecule has 7 nitrogen and oxygen atoms in total. The quantitative estimate of drug-likeness (QED) is 0.354. The van der Waals surface area contributed by atoms with Crippen LogP contribution in [-0.4, -0.2) is 43.4 Å². The maximum atomic E-state index is 13.7. The van der Waals surface area contributed by atoms with Gasteiger partial charge in [0, 0.05) is 26.8 Å². The van der Waals surface area contributed by atoms with Crippen molar-refractivity contribution in [3.8, 4) is 5.69 Å². The molecule has 37 heavy (non-hydrogen) atoms. The molecule has 8 heteroatoms. The summed E-state index contributed by atoms with van der Waals surface area (Å²) in [6.07, 6.45) is 0. The highest BCUT2D eigenvalue weighted by Crippen LogP contribution is 2.29. The van der Waals surface area contributed by atoms with Crippen molar-refractivity contribution in [1.82, 2.24) is 13.9 Å². The number of fused-ring (bicyclic) bond motifs is 1. The van der Waals surface area contributed by atoms with Crippen molar-refractivity contribution in [1.29, 1.82) is 0 Å². The summed E-state index contributed by atoms with van der Waals surface area (Å²) in [5.41, 5.74) is 2.85. The van der Waals surface area contributed by atoms with Crippen molar-refractivity contribution >= 4 is 26.6 Å². The summed E-state index contributed by atoms with van der Waals surface area (Å²) in [7, 11) is 1.56. The second kappa shape index (κ2) is 9.76. The first-order chi connectivity index (χ1) is 17.3. The second-order valence-electron chi connectivity index (χ2n) is 10.5. The Bertz CT molecular complexity index is 1580. The number of para-hydroxylation sites is 1. The summed E-state index contributed by atoms with van der Waals surface area (Å²) in [6, 6.07) is 20.9. The number of anilines is 1. The normalized spacial score (nSPS) is 13.2. The van der Waals surface area contributed by atoms with E-state index in [9.17, 15) is 13.2 Å². The van der Waals surface area contributed by atoms with Gasteiger partial charge in [0.1, 0.15) is 5.82 Å². The van der Waals surface area contributed by atoms with Crippen LogP contribution in [-0.2, 0) is 15.4 Å². The summed E-state index contributed by atoms with van der Waals surface area (Å²) in [5, 5.41) is 0.471. The van der Waals surface area contributed by atoms with Gasteiger partial charge < -0.3 is 4.90 Å². The minimum absolute atomic E-state index is 0.0886. The van der Waals surface area contributed by atoms with Crippen LogP contribution in [0.25, 0.3) is 16.6 Å². The van der Waals surface area contributed by atoms with Gasteiger partial charge in [-0.1, -0.05) is 45.0 Å². The number of nitrogens with zero attached hydrogens (tertiary/aromatic N) is 4. The third-order valence-corrected chi connectivity index (χ3v) is 8.68. The molecule has 0 N–H and O–H groups in total. The summed E-state index contributed by atoms with van der Waals surface area (Å²) < 4.78 is 30.1. The minimum Gasteiger partial charge on any atom is -0.378 e. The molecule has 4 aromatic rings. The fraction of sp³-hybridized carbons (Fsp3) is 0.310. The molecule has 1 aromatic heterocycles. The largest absolute Gasteiger partial charge is 0.378 e. The molecule has 1 atom stereocenters. The number of aromatic nitrogens is 2. The molecule has 0 saturated carbocycles. The Morgan fingerprint density at radius 3 is 2.03 bits per heavy atom. The zero-order valence-electron chi connectivity index (χ0n) is 22.4. The fourth-order valence-corrected chi connectivity index (χ4v) is 5.57. The summed E-state index contributed by atoms with van der Waals surface area (Å²) in [4.78, 5) is 20.6. The van der Waals surface area contributed by atoms with Crippen LogP contribution in [0.3, 0.4) is 0 Å². The molecule has 0 radical (unpaired) electrons. The van der Waals surface area contributed by atoms with E-state index < -0.39 is 16.1 Å². The predicted octanol–water partition coefficient (Wildman–Crippen LogP) is 5.13. The smallest absolute Gasteiger partial charge is 0.266 e. The Hall–Kier alpha value is -3.49. The number of hydrogen-bond donors (Lipinski definition) is 0. The SMILES string of the molecule is CC(c1nc2ccccc2c(=O)n1-c1ccc(N(C)C)cc1)N(C)S(=O)(=O)c1ccc(C(C)(C)C)cc1. The van der Waals surface area contributed by atoms with Gasteiger partial charge >= 0.3 is 0 Å². The molecule has 1 unspecified atom stereocenters. The van der Waals surface area contributed by atoms with Crippen molar-refractivity contribution in [3.63, 3.8) is 0 Å². The van der Waals surface area contributed by atoms with E-state index in [0.29, 0.717) is 22.4 Å².